The van der Waals surface area contributed by atoms with Gasteiger partial charge in [0.05, 0.1) is 13.7 Å². The highest BCUT2D eigenvalue weighted by Gasteiger charge is 2.37. The van der Waals surface area contributed by atoms with Crippen LogP contribution in [0.1, 0.15) is 5.56 Å². The third-order valence-corrected chi connectivity index (χ3v) is 8.18. The average molecular weight is 330 g/mol. The van der Waals surface area contributed by atoms with Crippen LogP contribution in [-0.2, 0) is 29.1 Å². The maximum Gasteiger partial charge on any atom is 0.330 e. The highest BCUT2D eigenvalue weighted by molar-refractivity contribution is 6.78. The van der Waals surface area contributed by atoms with Gasteiger partial charge in [-0.25, -0.2) is 4.79 Å². The monoisotopic (exact) mass is 329 g/mol. The lowest BCUT2D eigenvalue weighted by atomic mass is 10.3. The molecule has 0 aliphatic heterocycles. The van der Waals surface area contributed by atoms with Crippen LogP contribution in [0.15, 0.2) is 24.5 Å². The normalized spacial score (nSPS) is 12.2. The standard InChI is InChI=1S/C13H23NO5Si2/c1-16-13(15)11-18-21(4,5)19-20(2,3)17-10-12-7-6-8-14-9-12/h6-9H,10-11H2,1-5H3. The summed E-state index contributed by atoms with van der Waals surface area (Å²) < 4.78 is 22.1. The molecule has 0 atom stereocenters. The zero-order valence-corrected chi connectivity index (χ0v) is 15.2. The first-order valence-electron chi connectivity index (χ1n) is 6.68. The number of hydrogen-bond acceptors (Lipinski definition) is 6. The van der Waals surface area contributed by atoms with Crippen molar-refractivity contribution in [2.45, 2.75) is 32.8 Å². The zero-order valence-electron chi connectivity index (χ0n) is 13.2. The molecule has 1 heterocycles. The molecule has 0 saturated heterocycles. The molecule has 0 bridgehead atoms. The zero-order chi connectivity index (χ0) is 15.9. The highest BCUT2D eigenvalue weighted by atomic mass is 28.5. The van der Waals surface area contributed by atoms with Crippen molar-refractivity contribution < 1.29 is 22.5 Å². The highest BCUT2D eigenvalue weighted by Crippen LogP contribution is 2.18. The van der Waals surface area contributed by atoms with Gasteiger partial charge in [-0.15, -0.1) is 0 Å². The minimum Gasteiger partial charge on any atom is -0.467 e. The van der Waals surface area contributed by atoms with Gasteiger partial charge >= 0.3 is 23.1 Å². The number of esters is 1. The number of nitrogens with zero attached hydrogens (tertiary/aromatic N) is 1. The number of carbonyl (C=O) groups is 1. The smallest absolute Gasteiger partial charge is 0.330 e. The maximum absolute atomic E-state index is 11.1. The van der Waals surface area contributed by atoms with E-state index in [1.165, 1.54) is 7.11 Å². The van der Waals surface area contributed by atoms with Crippen molar-refractivity contribution in [1.29, 1.82) is 0 Å². The maximum atomic E-state index is 11.1. The second kappa shape index (κ2) is 7.80. The van der Waals surface area contributed by atoms with Gasteiger partial charge < -0.3 is 17.7 Å². The van der Waals surface area contributed by atoms with Gasteiger partial charge in [-0.05, 0) is 37.8 Å². The number of pyridine rings is 1. The van der Waals surface area contributed by atoms with Gasteiger partial charge in [0.2, 0.25) is 0 Å². The van der Waals surface area contributed by atoms with Gasteiger partial charge in [-0.1, -0.05) is 6.07 Å². The van der Waals surface area contributed by atoms with Crippen molar-refractivity contribution in [3.05, 3.63) is 30.1 Å². The Labute approximate surface area is 127 Å². The van der Waals surface area contributed by atoms with E-state index >= 15 is 0 Å². The number of aromatic nitrogens is 1. The van der Waals surface area contributed by atoms with Crippen molar-refractivity contribution in [3.63, 3.8) is 0 Å². The molecular weight excluding hydrogens is 306 g/mol. The molecule has 0 aromatic carbocycles. The first kappa shape index (κ1) is 18.0. The van der Waals surface area contributed by atoms with Crippen molar-refractivity contribution in [1.82, 2.24) is 4.98 Å². The van der Waals surface area contributed by atoms with Gasteiger partial charge in [0.15, 0.2) is 0 Å². The molecule has 0 spiro atoms. The van der Waals surface area contributed by atoms with E-state index in [4.69, 9.17) is 13.0 Å². The van der Waals surface area contributed by atoms with Crippen LogP contribution in [0, 0.1) is 0 Å². The van der Waals surface area contributed by atoms with Crippen molar-refractivity contribution in [2.75, 3.05) is 13.7 Å². The summed E-state index contributed by atoms with van der Waals surface area (Å²) in [5.74, 6) is -0.407. The van der Waals surface area contributed by atoms with E-state index in [0.29, 0.717) is 6.61 Å². The molecule has 0 amide bonds. The van der Waals surface area contributed by atoms with E-state index in [1.807, 2.05) is 38.3 Å². The first-order chi connectivity index (χ1) is 9.74. The lowest BCUT2D eigenvalue weighted by Crippen LogP contribution is -2.49. The summed E-state index contributed by atoms with van der Waals surface area (Å²) in [6.45, 7) is 8.05. The molecule has 0 aliphatic carbocycles. The van der Waals surface area contributed by atoms with Crippen LogP contribution in [0.4, 0.5) is 0 Å². The van der Waals surface area contributed by atoms with Crippen LogP contribution >= 0.6 is 0 Å². The van der Waals surface area contributed by atoms with Crippen LogP contribution < -0.4 is 0 Å². The van der Waals surface area contributed by atoms with E-state index in [-0.39, 0.29) is 6.61 Å². The molecule has 21 heavy (non-hydrogen) atoms. The molecule has 1 aromatic rings. The summed E-state index contributed by atoms with van der Waals surface area (Å²) in [4.78, 5) is 15.2. The Hall–Kier alpha value is -1.07. The topological polar surface area (TPSA) is 66.9 Å². The van der Waals surface area contributed by atoms with E-state index in [9.17, 15) is 4.79 Å². The SMILES string of the molecule is COC(=O)CO[Si](C)(C)O[Si](C)(C)OCc1cccnc1. The van der Waals surface area contributed by atoms with Crippen LogP contribution in [0.2, 0.25) is 26.2 Å². The summed E-state index contributed by atoms with van der Waals surface area (Å²) in [6, 6.07) is 3.82. The van der Waals surface area contributed by atoms with Gasteiger partial charge in [0.1, 0.15) is 6.61 Å². The second-order valence-electron chi connectivity index (χ2n) is 5.42. The average Bonchev–Trinajstić information content (AvgIpc) is 2.43. The Morgan fingerprint density at radius 2 is 1.86 bits per heavy atom. The molecular formula is C13H23NO5Si2. The molecule has 0 saturated carbocycles. The fraction of sp³-hybridized carbons (Fsp3) is 0.538. The fourth-order valence-corrected chi connectivity index (χ4v) is 7.87. The lowest BCUT2D eigenvalue weighted by molar-refractivity contribution is -0.143. The third kappa shape index (κ3) is 7.48. The number of ether oxygens (including phenoxy) is 1. The molecule has 1 rings (SSSR count). The van der Waals surface area contributed by atoms with Crippen molar-refractivity contribution in [2.24, 2.45) is 0 Å². The fourth-order valence-electron chi connectivity index (χ4n) is 1.68. The quantitative estimate of drug-likeness (QED) is 0.538. The molecule has 0 unspecified atom stereocenters. The van der Waals surface area contributed by atoms with E-state index in [2.05, 4.69) is 9.72 Å². The molecule has 0 aliphatic rings. The van der Waals surface area contributed by atoms with Crippen molar-refractivity contribution in [3.8, 4) is 0 Å². The van der Waals surface area contributed by atoms with Crippen LogP contribution in [0.5, 0.6) is 0 Å². The molecule has 1 aromatic heterocycles. The van der Waals surface area contributed by atoms with Crippen LogP contribution in [0.3, 0.4) is 0 Å². The number of methoxy groups -OCH3 is 1. The van der Waals surface area contributed by atoms with Gasteiger partial charge in [-0.3, -0.25) is 4.98 Å². The second-order valence-corrected chi connectivity index (χ2v) is 12.4. The van der Waals surface area contributed by atoms with Crippen molar-refractivity contribution >= 4 is 23.1 Å². The predicted molar refractivity (Wildman–Crippen MR) is 83.0 cm³/mol. The Balaban J connectivity index is 2.48. The molecule has 118 valence electrons. The Morgan fingerprint density at radius 1 is 1.19 bits per heavy atom. The summed E-state index contributed by atoms with van der Waals surface area (Å²) in [5.41, 5.74) is 0.997. The first-order valence-corrected chi connectivity index (χ1v) is 12.3. The van der Waals surface area contributed by atoms with E-state index in [0.717, 1.165) is 5.56 Å². The van der Waals surface area contributed by atoms with Gasteiger partial charge in [0.25, 0.3) is 0 Å². The molecule has 6 nitrogen and oxygen atoms in total. The Morgan fingerprint density at radius 3 is 2.43 bits per heavy atom. The summed E-state index contributed by atoms with van der Waals surface area (Å²) in [5, 5.41) is 0. The molecule has 0 fully saturated rings. The Kier molecular flexibility index (Phi) is 6.68. The minimum absolute atomic E-state index is 0.0944. The van der Waals surface area contributed by atoms with Crippen LogP contribution in [0.25, 0.3) is 0 Å². The summed E-state index contributed by atoms with van der Waals surface area (Å²) >= 11 is 0. The number of hydrogen-bond donors (Lipinski definition) is 0. The van der Waals surface area contributed by atoms with Gasteiger partial charge in [-0.2, -0.15) is 0 Å². The molecule has 8 heteroatoms. The molecule has 0 radical (unpaired) electrons. The van der Waals surface area contributed by atoms with Crippen LogP contribution in [-0.4, -0.2) is 41.8 Å². The van der Waals surface area contributed by atoms with E-state index < -0.39 is 23.1 Å². The summed E-state index contributed by atoms with van der Waals surface area (Å²) in [7, 11) is -3.45. The van der Waals surface area contributed by atoms with Gasteiger partial charge in [0, 0.05) is 12.4 Å². The number of carbonyl (C=O) groups excluding carboxylic acids is 1. The predicted octanol–water partition coefficient (Wildman–Crippen LogP) is 2.21. The number of rotatable bonds is 8. The largest absolute Gasteiger partial charge is 0.467 e. The third-order valence-electron chi connectivity index (χ3n) is 2.57. The minimum atomic E-state index is -2.44. The summed E-state index contributed by atoms with van der Waals surface area (Å²) in [6.07, 6.45) is 3.49. The lowest BCUT2D eigenvalue weighted by Gasteiger charge is -2.32. The Bertz CT molecular complexity index is 453. The van der Waals surface area contributed by atoms with E-state index in [1.54, 1.807) is 12.4 Å². The molecule has 0 N–H and O–H groups in total.